The lowest BCUT2D eigenvalue weighted by molar-refractivity contribution is -0.0494. The first-order valence-corrected chi connectivity index (χ1v) is 14.4. The van der Waals surface area contributed by atoms with E-state index in [1.165, 1.54) is 0 Å². The van der Waals surface area contributed by atoms with Crippen molar-refractivity contribution in [3.63, 3.8) is 0 Å². The summed E-state index contributed by atoms with van der Waals surface area (Å²) in [6, 6.07) is 14.4. The number of fused-ring (bicyclic) bond motifs is 1. The van der Waals surface area contributed by atoms with Gasteiger partial charge in [0.25, 0.3) is 5.91 Å². The maximum atomic E-state index is 13.9. The van der Waals surface area contributed by atoms with E-state index in [9.17, 15) is 22.7 Å². The van der Waals surface area contributed by atoms with E-state index in [0.717, 1.165) is 67.3 Å². The molecule has 0 bridgehead atoms. The lowest BCUT2D eigenvalue weighted by Gasteiger charge is -2.58. The van der Waals surface area contributed by atoms with Crippen molar-refractivity contribution in [1.29, 1.82) is 0 Å². The van der Waals surface area contributed by atoms with Gasteiger partial charge in [-0.15, -0.1) is 0 Å². The molecule has 4 aromatic rings. The lowest BCUT2D eigenvalue weighted by atomic mass is 9.62. The number of hydrogen-bond acceptors (Lipinski definition) is 8. The Morgan fingerprint density at radius 3 is 2.62 bits per heavy atom. The monoisotopic (exact) mass is 547 g/mol. The fourth-order valence-corrected chi connectivity index (χ4v) is 6.01. The average Bonchev–Trinajstić information content (AvgIpc) is 2.87. The van der Waals surface area contributed by atoms with E-state index < -0.39 is 21.6 Å². The van der Waals surface area contributed by atoms with E-state index in [0.29, 0.717) is 16.9 Å². The van der Waals surface area contributed by atoms with E-state index in [2.05, 4.69) is 15.2 Å². The van der Waals surface area contributed by atoms with Crippen molar-refractivity contribution >= 4 is 32.5 Å². The van der Waals surface area contributed by atoms with Gasteiger partial charge in [-0.05, 0) is 61.4 Å². The molecule has 1 aromatic carbocycles. The normalized spacial score (nSPS) is 16.6. The summed E-state index contributed by atoms with van der Waals surface area (Å²) in [5.74, 6) is -0.541. The van der Waals surface area contributed by atoms with Crippen LogP contribution in [0.4, 0.5) is 10.2 Å². The zero-order valence-electron chi connectivity index (χ0n) is 21.1. The van der Waals surface area contributed by atoms with Gasteiger partial charge in [0.2, 0.25) is 0 Å². The number of carbonyl (C=O) groups is 1. The van der Waals surface area contributed by atoms with Crippen LogP contribution in [0.2, 0.25) is 0 Å². The van der Waals surface area contributed by atoms with Crippen molar-refractivity contribution in [1.82, 2.24) is 20.3 Å². The van der Waals surface area contributed by atoms with Crippen molar-refractivity contribution in [2.45, 2.75) is 30.4 Å². The molecule has 200 valence electrons. The van der Waals surface area contributed by atoms with Crippen molar-refractivity contribution in [3.8, 4) is 11.4 Å². The van der Waals surface area contributed by atoms with Crippen LogP contribution >= 0.6 is 0 Å². The van der Waals surface area contributed by atoms with Crippen LogP contribution in [0.25, 0.3) is 22.3 Å². The Bertz CT molecular complexity index is 1710. The standard InChI is InChI=1S/C28H26FN5O4S/c1-39(37,38)22-8-18(7-19(29)9-22)27(36)31-14-20-10-25-17(13-30-20)5-6-24(32-25)23-3-2-4-26(33-23)34-15-28(16-34)11-21(35)12-28/h2-10,13,21,35H,11-12,14-16H2,1H3,(H,31,36). The van der Waals surface area contributed by atoms with Crippen molar-refractivity contribution in [2.24, 2.45) is 5.41 Å². The van der Waals surface area contributed by atoms with Gasteiger partial charge in [-0.3, -0.25) is 9.78 Å². The van der Waals surface area contributed by atoms with Crippen LogP contribution in [0.15, 0.2) is 65.7 Å². The van der Waals surface area contributed by atoms with E-state index in [-0.39, 0.29) is 28.5 Å². The van der Waals surface area contributed by atoms with Gasteiger partial charge < -0.3 is 15.3 Å². The first-order valence-electron chi connectivity index (χ1n) is 12.5. The summed E-state index contributed by atoms with van der Waals surface area (Å²) in [5, 5.41) is 13.1. The van der Waals surface area contributed by atoms with Gasteiger partial charge >= 0.3 is 0 Å². The van der Waals surface area contributed by atoms with Crippen molar-refractivity contribution in [2.75, 3.05) is 24.2 Å². The zero-order valence-corrected chi connectivity index (χ0v) is 21.9. The molecule has 6 rings (SSSR count). The lowest BCUT2D eigenvalue weighted by Crippen LogP contribution is -2.64. The Labute approximate surface area is 224 Å². The van der Waals surface area contributed by atoms with E-state index in [4.69, 9.17) is 9.97 Å². The number of amides is 1. The molecular weight excluding hydrogens is 521 g/mol. The van der Waals surface area contributed by atoms with E-state index >= 15 is 0 Å². The first kappa shape index (κ1) is 25.3. The third kappa shape index (κ3) is 5.07. The summed E-state index contributed by atoms with van der Waals surface area (Å²) in [5.41, 5.74) is 2.80. The second kappa shape index (κ2) is 9.35. The second-order valence-electron chi connectivity index (χ2n) is 10.5. The average molecular weight is 548 g/mol. The van der Waals surface area contributed by atoms with Crippen LogP contribution in [-0.2, 0) is 16.4 Å². The van der Waals surface area contributed by atoms with E-state index in [1.807, 2.05) is 30.3 Å². The largest absolute Gasteiger partial charge is 0.393 e. The molecule has 4 heterocycles. The molecule has 0 radical (unpaired) electrons. The van der Waals surface area contributed by atoms with Crippen molar-refractivity contribution < 1.29 is 22.7 Å². The number of carbonyl (C=O) groups excluding carboxylic acids is 1. The van der Waals surface area contributed by atoms with Crippen LogP contribution in [0.1, 0.15) is 28.9 Å². The van der Waals surface area contributed by atoms with Gasteiger partial charge in [0.1, 0.15) is 11.6 Å². The third-order valence-corrected chi connectivity index (χ3v) is 8.42. The highest BCUT2D eigenvalue weighted by molar-refractivity contribution is 7.90. The summed E-state index contributed by atoms with van der Waals surface area (Å²) >= 11 is 0. The minimum Gasteiger partial charge on any atom is -0.393 e. The van der Waals surface area contributed by atoms with Gasteiger partial charge in [0.05, 0.1) is 40.1 Å². The Balaban J connectivity index is 1.17. The van der Waals surface area contributed by atoms with Gasteiger partial charge in [-0.2, -0.15) is 0 Å². The molecule has 0 unspecified atom stereocenters. The number of nitrogens with zero attached hydrogens (tertiary/aromatic N) is 4. The molecule has 0 atom stereocenters. The molecule has 1 saturated heterocycles. The highest BCUT2D eigenvalue weighted by atomic mass is 32.2. The minimum absolute atomic E-state index is 0.0462. The quantitative estimate of drug-likeness (QED) is 0.377. The number of aliphatic hydroxyl groups excluding tert-OH is 1. The van der Waals surface area contributed by atoms with Crippen LogP contribution in [-0.4, -0.2) is 59.8 Å². The molecule has 39 heavy (non-hydrogen) atoms. The Hall–Kier alpha value is -3.96. The summed E-state index contributed by atoms with van der Waals surface area (Å²) in [4.78, 5) is 28.5. The maximum Gasteiger partial charge on any atom is 0.251 e. The Morgan fingerprint density at radius 2 is 1.87 bits per heavy atom. The SMILES string of the molecule is CS(=O)(=O)c1cc(F)cc(C(=O)NCc2cc3nc(-c4cccc(N5CC6(CC(O)C6)C5)n4)ccc3cn2)c1. The smallest absolute Gasteiger partial charge is 0.251 e. The maximum absolute atomic E-state index is 13.9. The summed E-state index contributed by atoms with van der Waals surface area (Å²) in [6.45, 7) is 1.85. The van der Waals surface area contributed by atoms with Gasteiger partial charge in [0.15, 0.2) is 9.84 Å². The molecule has 1 aliphatic heterocycles. The highest BCUT2D eigenvalue weighted by Gasteiger charge is 2.52. The fourth-order valence-electron chi connectivity index (χ4n) is 5.34. The van der Waals surface area contributed by atoms with Gasteiger partial charge in [-0.25, -0.2) is 22.8 Å². The van der Waals surface area contributed by atoms with Crippen LogP contribution < -0.4 is 10.2 Å². The minimum atomic E-state index is -3.67. The number of anilines is 1. The third-order valence-electron chi connectivity index (χ3n) is 7.33. The molecule has 1 saturated carbocycles. The number of aromatic nitrogens is 3. The molecule has 1 spiro atoms. The fraction of sp³-hybridized carbons (Fsp3) is 0.286. The van der Waals surface area contributed by atoms with Crippen LogP contribution in [0.3, 0.4) is 0 Å². The molecule has 2 N–H and O–H groups in total. The number of benzene rings is 1. The number of nitrogens with one attached hydrogen (secondary N) is 1. The first-order chi connectivity index (χ1) is 18.6. The summed E-state index contributed by atoms with van der Waals surface area (Å²) in [7, 11) is -3.67. The van der Waals surface area contributed by atoms with Gasteiger partial charge in [0, 0.05) is 41.9 Å². The molecule has 1 amide bonds. The number of sulfone groups is 1. The number of rotatable bonds is 6. The van der Waals surface area contributed by atoms with Crippen molar-refractivity contribution in [3.05, 3.63) is 77.9 Å². The summed E-state index contributed by atoms with van der Waals surface area (Å²) < 4.78 is 37.5. The molecule has 11 heteroatoms. The predicted octanol–water partition coefficient (Wildman–Crippen LogP) is 3.13. The predicted molar refractivity (Wildman–Crippen MR) is 143 cm³/mol. The molecule has 1 aliphatic carbocycles. The molecule has 3 aromatic heterocycles. The zero-order chi connectivity index (χ0) is 27.4. The Morgan fingerprint density at radius 1 is 1.10 bits per heavy atom. The molecule has 2 aliphatic rings. The highest BCUT2D eigenvalue weighted by Crippen LogP contribution is 2.49. The molecular formula is C28H26FN5O4S. The van der Waals surface area contributed by atoms with Crippen LogP contribution in [0, 0.1) is 11.2 Å². The van der Waals surface area contributed by atoms with E-state index in [1.54, 1.807) is 12.3 Å². The Kier molecular flexibility index (Phi) is 6.07. The van der Waals surface area contributed by atoms with Gasteiger partial charge in [-0.1, -0.05) is 6.07 Å². The molecule has 2 fully saturated rings. The molecule has 9 nitrogen and oxygen atoms in total. The number of halogens is 1. The number of hydrogen-bond donors (Lipinski definition) is 2. The summed E-state index contributed by atoms with van der Waals surface area (Å²) in [6.07, 6.45) is 4.16. The second-order valence-corrected chi connectivity index (χ2v) is 12.5. The number of pyridine rings is 3. The van der Waals surface area contributed by atoms with Crippen LogP contribution in [0.5, 0.6) is 0 Å². The number of aliphatic hydroxyl groups is 1. The topological polar surface area (TPSA) is 125 Å².